The van der Waals surface area contributed by atoms with Crippen molar-refractivity contribution in [2.24, 2.45) is 11.7 Å². The van der Waals surface area contributed by atoms with Gasteiger partial charge in [-0.25, -0.2) is 13.1 Å². The highest BCUT2D eigenvalue weighted by atomic mass is 79.9. The van der Waals surface area contributed by atoms with Crippen LogP contribution in [-0.2, 0) is 10.0 Å². The molecular weight excluding hydrogens is 387 g/mol. The van der Waals surface area contributed by atoms with Crippen LogP contribution in [0.5, 0.6) is 0 Å². The first-order valence-electron chi connectivity index (χ1n) is 5.94. The number of nitrogens with one attached hydrogen (secondary N) is 1. The van der Waals surface area contributed by atoms with Crippen molar-refractivity contribution >= 4 is 50.0 Å². The van der Waals surface area contributed by atoms with Crippen molar-refractivity contribution in [2.45, 2.75) is 31.2 Å². The van der Waals surface area contributed by atoms with Crippen molar-refractivity contribution in [1.29, 1.82) is 0 Å². The fourth-order valence-corrected chi connectivity index (χ4v) is 4.23. The molecule has 0 heterocycles. The van der Waals surface area contributed by atoms with E-state index in [0.717, 1.165) is 0 Å². The molecule has 0 radical (unpaired) electrons. The maximum Gasteiger partial charge on any atom is 0.242 e. The van der Waals surface area contributed by atoms with Gasteiger partial charge < -0.3 is 5.73 Å². The molecule has 0 bridgehead atoms. The molecule has 3 N–H and O–H groups in total. The van der Waals surface area contributed by atoms with Crippen LogP contribution in [0.15, 0.2) is 27.6 Å². The Kier molecular flexibility index (Phi) is 8.62. The standard InChI is InChI=1S/C12H18BrClN2O2S.ClH/c1-8(2)6-9(7-15)16-19(17,18)11-5-3-4-10(14)12(11)13;/h3-5,8-9,16H,6-7,15H2,1-2H3;1H. The fraction of sp³-hybridized carbons (Fsp3) is 0.500. The Morgan fingerprint density at radius 2 is 2.00 bits per heavy atom. The van der Waals surface area contributed by atoms with Crippen molar-refractivity contribution in [3.8, 4) is 0 Å². The first kappa shape index (κ1) is 20.1. The molecule has 0 aliphatic carbocycles. The number of hydrogen-bond donors (Lipinski definition) is 2. The lowest BCUT2D eigenvalue weighted by Crippen LogP contribution is -2.41. The maximum absolute atomic E-state index is 12.3. The van der Waals surface area contributed by atoms with Crippen LogP contribution in [-0.4, -0.2) is 21.0 Å². The van der Waals surface area contributed by atoms with Gasteiger partial charge in [0.2, 0.25) is 10.0 Å². The summed E-state index contributed by atoms with van der Waals surface area (Å²) in [6.45, 7) is 4.30. The van der Waals surface area contributed by atoms with Gasteiger partial charge in [-0.05, 0) is 40.4 Å². The summed E-state index contributed by atoms with van der Waals surface area (Å²) in [5.41, 5.74) is 5.61. The van der Waals surface area contributed by atoms with E-state index >= 15 is 0 Å². The van der Waals surface area contributed by atoms with E-state index < -0.39 is 10.0 Å². The van der Waals surface area contributed by atoms with E-state index in [1.807, 2.05) is 13.8 Å². The lowest BCUT2D eigenvalue weighted by Gasteiger charge is -2.19. The Morgan fingerprint density at radius 3 is 2.50 bits per heavy atom. The summed E-state index contributed by atoms with van der Waals surface area (Å²) >= 11 is 9.11. The topological polar surface area (TPSA) is 72.2 Å². The van der Waals surface area contributed by atoms with Crippen LogP contribution in [0.2, 0.25) is 5.02 Å². The molecule has 0 spiro atoms. The summed E-state index contributed by atoms with van der Waals surface area (Å²) in [6, 6.07) is 4.44. The number of hydrogen-bond acceptors (Lipinski definition) is 3. The summed E-state index contributed by atoms with van der Waals surface area (Å²) in [5.74, 6) is 0.360. The molecule has 1 unspecified atom stereocenters. The van der Waals surface area contributed by atoms with E-state index in [1.54, 1.807) is 12.1 Å². The minimum absolute atomic E-state index is 0. The van der Waals surface area contributed by atoms with Gasteiger partial charge in [-0.15, -0.1) is 12.4 Å². The summed E-state index contributed by atoms with van der Waals surface area (Å²) < 4.78 is 27.6. The van der Waals surface area contributed by atoms with Gasteiger partial charge in [-0.2, -0.15) is 0 Å². The van der Waals surface area contributed by atoms with Gasteiger partial charge in [0.1, 0.15) is 0 Å². The van der Waals surface area contributed by atoms with Crippen LogP contribution in [0, 0.1) is 5.92 Å². The Bertz CT molecular complexity index is 538. The van der Waals surface area contributed by atoms with Crippen molar-refractivity contribution in [3.05, 3.63) is 27.7 Å². The molecule has 0 fully saturated rings. The summed E-state index contributed by atoms with van der Waals surface area (Å²) in [5, 5.41) is 0.357. The van der Waals surface area contributed by atoms with Gasteiger partial charge in [-0.1, -0.05) is 31.5 Å². The Hall–Kier alpha value is 0.150. The Labute approximate surface area is 140 Å². The zero-order valence-corrected chi connectivity index (χ0v) is 15.2. The molecule has 0 saturated carbocycles. The van der Waals surface area contributed by atoms with Crippen LogP contribution in [0.4, 0.5) is 0 Å². The SMILES string of the molecule is CC(C)CC(CN)NS(=O)(=O)c1cccc(Cl)c1Br.Cl. The first-order valence-corrected chi connectivity index (χ1v) is 8.59. The third-order valence-electron chi connectivity index (χ3n) is 2.57. The zero-order valence-electron chi connectivity index (χ0n) is 11.3. The average molecular weight is 406 g/mol. The highest BCUT2D eigenvalue weighted by molar-refractivity contribution is 9.10. The van der Waals surface area contributed by atoms with Crippen LogP contribution >= 0.6 is 39.9 Å². The molecule has 0 aliphatic heterocycles. The number of nitrogens with two attached hydrogens (primary N) is 1. The minimum Gasteiger partial charge on any atom is -0.329 e. The van der Waals surface area contributed by atoms with Crippen LogP contribution < -0.4 is 10.5 Å². The smallest absolute Gasteiger partial charge is 0.242 e. The first-order chi connectivity index (χ1) is 8.77. The van der Waals surface area contributed by atoms with Gasteiger partial charge in [0, 0.05) is 12.6 Å². The summed E-state index contributed by atoms with van der Waals surface area (Å²) in [7, 11) is -3.63. The Balaban J connectivity index is 0.00000361. The van der Waals surface area contributed by atoms with Crippen LogP contribution in [0.1, 0.15) is 20.3 Å². The van der Waals surface area contributed by atoms with Gasteiger partial charge in [0.25, 0.3) is 0 Å². The largest absolute Gasteiger partial charge is 0.329 e. The van der Waals surface area contributed by atoms with Gasteiger partial charge in [0.15, 0.2) is 0 Å². The van der Waals surface area contributed by atoms with E-state index in [0.29, 0.717) is 21.8 Å². The molecule has 0 saturated heterocycles. The predicted octanol–water partition coefficient (Wildman–Crippen LogP) is 3.18. The summed E-state index contributed by atoms with van der Waals surface area (Å²) in [4.78, 5) is 0.127. The molecule has 0 aliphatic rings. The molecule has 1 atom stereocenters. The molecule has 1 aromatic rings. The number of halogens is 3. The zero-order chi connectivity index (χ0) is 14.6. The highest BCUT2D eigenvalue weighted by Crippen LogP contribution is 2.29. The van der Waals surface area contributed by atoms with Crippen molar-refractivity contribution < 1.29 is 8.42 Å². The molecule has 4 nitrogen and oxygen atoms in total. The van der Waals surface area contributed by atoms with Crippen LogP contribution in [0.3, 0.4) is 0 Å². The second-order valence-electron chi connectivity index (χ2n) is 4.74. The van der Waals surface area contributed by atoms with Crippen molar-refractivity contribution in [3.63, 3.8) is 0 Å². The second-order valence-corrected chi connectivity index (χ2v) is 7.62. The van der Waals surface area contributed by atoms with Gasteiger partial charge in [-0.3, -0.25) is 0 Å². The fourth-order valence-electron chi connectivity index (χ4n) is 1.74. The van der Waals surface area contributed by atoms with Crippen molar-refractivity contribution in [1.82, 2.24) is 4.72 Å². The highest BCUT2D eigenvalue weighted by Gasteiger charge is 2.23. The quantitative estimate of drug-likeness (QED) is 0.763. The number of rotatable bonds is 6. The molecule has 1 rings (SSSR count). The van der Waals surface area contributed by atoms with E-state index in [9.17, 15) is 8.42 Å². The lowest BCUT2D eigenvalue weighted by molar-refractivity contribution is 0.465. The van der Waals surface area contributed by atoms with E-state index in [4.69, 9.17) is 17.3 Å². The van der Waals surface area contributed by atoms with E-state index in [1.165, 1.54) is 6.07 Å². The lowest BCUT2D eigenvalue weighted by atomic mass is 10.1. The number of sulfonamides is 1. The monoisotopic (exact) mass is 404 g/mol. The maximum atomic E-state index is 12.3. The normalized spacial score (nSPS) is 13.1. The third kappa shape index (κ3) is 5.50. The molecule has 0 aromatic heterocycles. The molecule has 8 heteroatoms. The Morgan fingerprint density at radius 1 is 1.40 bits per heavy atom. The summed E-state index contributed by atoms with van der Waals surface area (Å²) in [6.07, 6.45) is 0.688. The number of benzene rings is 1. The van der Waals surface area contributed by atoms with Crippen molar-refractivity contribution in [2.75, 3.05) is 6.54 Å². The van der Waals surface area contributed by atoms with Gasteiger partial charge in [0.05, 0.1) is 14.4 Å². The molecule has 1 aromatic carbocycles. The van der Waals surface area contributed by atoms with E-state index in [-0.39, 0.29) is 29.9 Å². The predicted molar refractivity (Wildman–Crippen MR) is 89.0 cm³/mol. The third-order valence-corrected chi connectivity index (χ3v) is 5.79. The van der Waals surface area contributed by atoms with E-state index in [2.05, 4.69) is 20.7 Å². The molecule has 116 valence electrons. The molecular formula is C12H19BrCl2N2O2S. The van der Waals surface area contributed by atoms with Gasteiger partial charge >= 0.3 is 0 Å². The second kappa shape index (κ2) is 8.56. The van der Waals surface area contributed by atoms with Crippen LogP contribution in [0.25, 0.3) is 0 Å². The average Bonchev–Trinajstić information content (AvgIpc) is 2.30. The minimum atomic E-state index is -3.63. The molecule has 20 heavy (non-hydrogen) atoms. The molecule has 0 amide bonds.